The van der Waals surface area contributed by atoms with Gasteiger partial charge in [0, 0.05) is 35.7 Å². The first kappa shape index (κ1) is 82.9. The second-order valence-electron chi connectivity index (χ2n) is 21.9. The van der Waals surface area contributed by atoms with E-state index >= 15 is 0 Å². The van der Waals surface area contributed by atoms with Crippen molar-refractivity contribution in [2.75, 3.05) is 17.3 Å². The molecule has 0 aromatic rings. The Morgan fingerprint density at radius 2 is 0.468 bits per heavy atom. The summed E-state index contributed by atoms with van der Waals surface area (Å²) in [5.41, 5.74) is 0. The molecule has 0 heterocycles. The molecule has 0 fully saturated rings. The molecule has 0 N–H and O–H groups in total. The van der Waals surface area contributed by atoms with Crippen LogP contribution >= 0.6 is 37.9 Å². The first-order valence-electron chi connectivity index (χ1n) is 32.6. The molecule has 0 amide bonds. The zero-order chi connectivity index (χ0) is 57.8. The fraction of sp³-hybridized carbons (Fsp3) is 0.866. The monoisotopic (exact) mass is 1240 g/mol. The summed E-state index contributed by atoms with van der Waals surface area (Å²) in [5.74, 6) is -2.76. The Bertz CT molecular complexity index is 1100. The topological polar surface area (TPSA) is 120 Å². The van der Waals surface area contributed by atoms with Gasteiger partial charge in [-0.3, -0.25) is 0 Å². The van der Waals surface area contributed by atoms with Gasteiger partial charge in [0.2, 0.25) is 0 Å². The summed E-state index contributed by atoms with van der Waals surface area (Å²) < 4.78 is 1.43. The number of allylic oxidation sites excluding steroid dienone is 6. The predicted octanol–water partition coefficient (Wildman–Crippen LogP) is 18.5. The van der Waals surface area contributed by atoms with Crippen LogP contribution in [0.25, 0.3) is 0 Å². The van der Waals surface area contributed by atoms with Gasteiger partial charge in [0.15, 0.2) is 0 Å². The van der Waals surface area contributed by atoms with Crippen LogP contribution in [0, 0.1) is 17.8 Å². The van der Waals surface area contributed by atoms with Crippen LogP contribution < -0.4 is 15.3 Å². The van der Waals surface area contributed by atoms with E-state index in [9.17, 15) is 29.7 Å². The van der Waals surface area contributed by atoms with Crippen LogP contribution in [-0.4, -0.2) is 57.7 Å². The number of carboxylic acids is 3. The van der Waals surface area contributed by atoms with Crippen molar-refractivity contribution in [2.45, 2.75) is 334 Å². The first-order chi connectivity index (χ1) is 37.6. The molecule has 0 spiro atoms. The minimum absolute atomic E-state index is 0.370. The number of thiol groups is 3. The third-order valence-electron chi connectivity index (χ3n) is 14.4. The van der Waals surface area contributed by atoms with Crippen LogP contribution in [0.2, 0.25) is 4.44 Å². The normalized spacial score (nSPS) is 12.5. The molecule has 0 bridgehead atoms. The summed E-state index contributed by atoms with van der Waals surface area (Å²) >= 11 is 13.9. The van der Waals surface area contributed by atoms with Gasteiger partial charge in [0.05, 0.1) is 0 Å². The molecule has 0 aromatic carbocycles. The fourth-order valence-corrected chi connectivity index (χ4v) is 10.9. The number of unbranched alkanes of at least 4 members (excludes halogenated alkanes) is 37. The van der Waals surface area contributed by atoms with Crippen LogP contribution in [-0.2, 0) is 14.4 Å². The van der Waals surface area contributed by atoms with Crippen molar-refractivity contribution in [3.05, 3.63) is 36.5 Å². The van der Waals surface area contributed by atoms with E-state index in [1.807, 2.05) is 0 Å². The quantitative estimate of drug-likeness (QED) is 0.0241. The van der Waals surface area contributed by atoms with Gasteiger partial charge >= 0.3 is 46.7 Å². The molecule has 0 saturated heterocycles. The van der Waals surface area contributed by atoms with Crippen LogP contribution in [0.3, 0.4) is 0 Å². The first-order valence-corrected chi connectivity index (χ1v) is 36.5. The van der Waals surface area contributed by atoms with E-state index in [2.05, 4.69) is 102 Å². The average Bonchev–Trinajstić information content (AvgIpc) is 3.42. The number of aliphatic carboxylic acids is 3. The van der Waals surface area contributed by atoms with Crippen molar-refractivity contribution in [3.63, 3.8) is 0 Å². The number of rotatable bonds is 56. The van der Waals surface area contributed by atoms with E-state index in [1.165, 1.54) is 248 Å². The molecular weight excluding hydrogens is 1120 g/mol. The van der Waals surface area contributed by atoms with Crippen molar-refractivity contribution in [1.29, 1.82) is 0 Å². The molecular formula is C67H126O6S3Sn. The van der Waals surface area contributed by atoms with E-state index in [4.69, 9.17) is 0 Å². The maximum absolute atomic E-state index is 10.8. The van der Waals surface area contributed by atoms with Crippen molar-refractivity contribution < 1.29 is 29.7 Å². The molecule has 10 heteroatoms. The predicted molar refractivity (Wildman–Crippen MR) is 345 cm³/mol. The second kappa shape index (κ2) is 75.5. The minimum atomic E-state index is -0.947. The summed E-state index contributed by atoms with van der Waals surface area (Å²) in [4.78, 5) is 32.3. The molecule has 452 valence electrons. The molecule has 0 rings (SSSR count). The van der Waals surface area contributed by atoms with Gasteiger partial charge in [-0.15, -0.1) is 0 Å². The van der Waals surface area contributed by atoms with Crippen LogP contribution in [0.4, 0.5) is 0 Å². The van der Waals surface area contributed by atoms with Gasteiger partial charge in [-0.25, -0.2) is 0 Å². The molecule has 0 radical (unpaired) electrons. The van der Waals surface area contributed by atoms with Gasteiger partial charge in [-0.2, -0.15) is 37.9 Å². The zero-order valence-electron chi connectivity index (χ0n) is 51.0. The molecule has 3 unspecified atom stereocenters. The number of carbonyl (C=O) groups is 3. The molecule has 0 aliphatic rings. The zero-order valence-corrected chi connectivity index (χ0v) is 56.6. The summed E-state index contributed by atoms with van der Waals surface area (Å²) in [6.45, 7) is 9.01. The third kappa shape index (κ3) is 75.5. The Hall–Kier alpha value is -0.521. The van der Waals surface area contributed by atoms with Crippen LogP contribution in [0.5, 0.6) is 0 Å². The van der Waals surface area contributed by atoms with E-state index in [0.717, 1.165) is 38.5 Å². The second-order valence-corrected chi connectivity index (χ2v) is 24.4. The Balaban J connectivity index is -0.000000495. The van der Waals surface area contributed by atoms with Crippen molar-refractivity contribution in [2.24, 2.45) is 17.8 Å². The Morgan fingerprint density at radius 1 is 0.299 bits per heavy atom. The standard InChI is InChI=1S/3C21H40O2S.C4H9.Sn/c3*1-2-3-4-5-6-7-8-9-10-11-12-13-14-15-16-17-18-20(19-24)21(22)23;1-3-4-2;/h3*9-10,20,24H,2-8,11-19H2,1H3,(H,22,23);1,3-4H2,2H3;/q;;;;+3/p-3. The van der Waals surface area contributed by atoms with Gasteiger partial charge < -0.3 is 29.7 Å². The van der Waals surface area contributed by atoms with Crippen molar-refractivity contribution in [1.82, 2.24) is 0 Å². The Labute approximate surface area is 509 Å². The van der Waals surface area contributed by atoms with Crippen molar-refractivity contribution >= 4 is 78.3 Å². The molecule has 3 atom stereocenters. The molecule has 6 nitrogen and oxygen atoms in total. The van der Waals surface area contributed by atoms with Gasteiger partial charge in [0.25, 0.3) is 0 Å². The Kier molecular flexibility index (Phi) is 81.3. The SMILES string of the molecule is CCCCCCCCC=CCCCCCCCCC(CS)C(=O)[O-].CCCCCCCCC=CCCCCCCCCC(CS)C(=O)[O-].CCCCCCCCC=CCCCCCCCCC(CS)C(=O)[O-].CCC[CH2][Sn+3]. The molecule has 0 aliphatic heterocycles. The van der Waals surface area contributed by atoms with Crippen LogP contribution in [0.1, 0.15) is 329 Å². The van der Waals surface area contributed by atoms with Gasteiger partial charge in [-0.1, -0.05) is 250 Å². The Morgan fingerprint density at radius 3 is 0.610 bits per heavy atom. The molecule has 0 saturated carbocycles. The molecule has 77 heavy (non-hydrogen) atoms. The fourth-order valence-electron chi connectivity index (χ4n) is 8.94. The maximum atomic E-state index is 10.8. The summed E-state index contributed by atoms with van der Waals surface area (Å²) in [7, 11) is 0. The van der Waals surface area contributed by atoms with Gasteiger partial charge in [-0.05, 0) is 114 Å². The number of hydrogen-bond donors (Lipinski definition) is 3. The number of carbonyl (C=O) groups excluding carboxylic acids is 3. The number of carboxylic acid groups (broad SMARTS) is 3. The summed E-state index contributed by atoms with van der Waals surface area (Å²) in [6.07, 6.45) is 72.7. The van der Waals surface area contributed by atoms with E-state index in [1.54, 1.807) is 22.5 Å². The number of hydrogen-bond acceptors (Lipinski definition) is 9. The van der Waals surface area contributed by atoms with E-state index < -0.39 is 17.9 Å². The van der Waals surface area contributed by atoms with Crippen molar-refractivity contribution in [3.8, 4) is 0 Å². The van der Waals surface area contributed by atoms with Crippen LogP contribution in [0.15, 0.2) is 36.5 Å². The molecule has 0 aromatic heterocycles. The average molecular weight is 1240 g/mol. The van der Waals surface area contributed by atoms with E-state index in [0.29, 0.717) is 36.5 Å². The van der Waals surface area contributed by atoms with E-state index in [-0.39, 0.29) is 17.8 Å². The third-order valence-corrected chi connectivity index (χ3v) is 16.7. The molecule has 0 aliphatic carbocycles. The summed E-state index contributed by atoms with van der Waals surface area (Å²) in [6, 6.07) is 0. The summed E-state index contributed by atoms with van der Waals surface area (Å²) in [5, 5.41) is 32.3. The van der Waals surface area contributed by atoms with Gasteiger partial charge in [0.1, 0.15) is 0 Å².